The number of carbonyl (C=O) groups is 1. The maximum absolute atomic E-state index is 11.9. The number of furan rings is 1. The average Bonchev–Trinajstić information content (AvgIpc) is 2.97. The molecule has 1 aliphatic carbocycles. The highest BCUT2D eigenvalue weighted by Crippen LogP contribution is 2.27. The number of carbonyl (C=O) groups excluding carboxylic acids is 1. The molecule has 1 saturated heterocycles. The second kappa shape index (κ2) is 7.09. The smallest absolute Gasteiger partial charge is 0.234 e. The fraction of sp³-hybridized carbons (Fsp3) is 0.688. The molecular weight excluding hydrogens is 266 g/mol. The summed E-state index contributed by atoms with van der Waals surface area (Å²) in [5.74, 6) is 1.83. The number of amides is 1. The third-order valence-corrected chi connectivity index (χ3v) is 4.36. The van der Waals surface area contributed by atoms with Crippen molar-refractivity contribution < 1.29 is 9.21 Å². The third kappa shape index (κ3) is 4.32. The van der Waals surface area contributed by atoms with Crippen molar-refractivity contribution in [2.75, 3.05) is 32.7 Å². The lowest BCUT2D eigenvalue weighted by molar-refractivity contribution is -0.120. The highest BCUT2D eigenvalue weighted by atomic mass is 16.3. The first kappa shape index (κ1) is 14.6. The number of nitrogens with zero attached hydrogens (tertiary/aromatic N) is 1. The van der Waals surface area contributed by atoms with Crippen LogP contribution < -0.4 is 10.6 Å². The van der Waals surface area contributed by atoms with Gasteiger partial charge in [0.05, 0.1) is 18.8 Å². The Labute approximate surface area is 126 Å². The predicted octanol–water partition coefficient (Wildman–Crippen LogP) is 1.53. The zero-order valence-corrected chi connectivity index (χ0v) is 12.5. The minimum Gasteiger partial charge on any atom is -0.468 e. The third-order valence-electron chi connectivity index (χ3n) is 4.36. The summed E-state index contributed by atoms with van der Waals surface area (Å²) < 4.78 is 5.55. The van der Waals surface area contributed by atoms with Crippen LogP contribution in [-0.2, 0) is 4.79 Å². The summed E-state index contributed by atoms with van der Waals surface area (Å²) in [6.45, 7) is 4.18. The van der Waals surface area contributed by atoms with Gasteiger partial charge < -0.3 is 15.1 Å². The van der Waals surface area contributed by atoms with Crippen molar-refractivity contribution in [2.24, 2.45) is 5.92 Å². The summed E-state index contributed by atoms with van der Waals surface area (Å²) in [5.41, 5.74) is 0. The molecule has 1 unspecified atom stereocenters. The largest absolute Gasteiger partial charge is 0.468 e. The predicted molar refractivity (Wildman–Crippen MR) is 80.9 cm³/mol. The Hall–Kier alpha value is -1.33. The van der Waals surface area contributed by atoms with Gasteiger partial charge in [0.1, 0.15) is 5.76 Å². The Kier molecular flexibility index (Phi) is 4.93. The van der Waals surface area contributed by atoms with E-state index in [2.05, 4.69) is 15.5 Å². The van der Waals surface area contributed by atoms with Crippen LogP contribution in [0, 0.1) is 5.92 Å². The molecular formula is C16H25N3O2. The van der Waals surface area contributed by atoms with Gasteiger partial charge in [-0.15, -0.1) is 0 Å². The van der Waals surface area contributed by atoms with Crippen LogP contribution in [0.3, 0.4) is 0 Å². The van der Waals surface area contributed by atoms with E-state index < -0.39 is 0 Å². The first-order valence-electron chi connectivity index (χ1n) is 8.08. The summed E-state index contributed by atoms with van der Waals surface area (Å²) in [6.07, 6.45) is 6.79. The van der Waals surface area contributed by atoms with Gasteiger partial charge in [-0.05, 0) is 63.4 Å². The van der Waals surface area contributed by atoms with Gasteiger partial charge in [0.2, 0.25) is 5.91 Å². The minimum absolute atomic E-state index is 0.0754. The maximum Gasteiger partial charge on any atom is 0.234 e. The van der Waals surface area contributed by atoms with Crippen LogP contribution in [-0.4, -0.2) is 43.5 Å². The number of rotatable bonds is 8. The second-order valence-corrected chi connectivity index (χ2v) is 6.15. The average molecular weight is 291 g/mol. The first-order chi connectivity index (χ1) is 10.3. The fourth-order valence-electron chi connectivity index (χ4n) is 2.93. The van der Waals surface area contributed by atoms with Crippen LogP contribution in [0.5, 0.6) is 0 Å². The molecule has 0 aromatic carbocycles. The standard InChI is InChI=1S/C16H25N3O2/c20-16(12-17-10-13-5-6-13)18-11-14(15-4-3-9-21-15)19-7-1-2-8-19/h3-4,9,13-14,17H,1-2,5-8,10-12H2,(H,18,20). The lowest BCUT2D eigenvalue weighted by Gasteiger charge is -2.26. The molecule has 5 nitrogen and oxygen atoms in total. The molecule has 1 amide bonds. The van der Waals surface area contributed by atoms with Gasteiger partial charge in [0.15, 0.2) is 0 Å². The highest BCUT2D eigenvalue weighted by Gasteiger charge is 2.26. The quantitative estimate of drug-likeness (QED) is 0.763. The fourth-order valence-corrected chi connectivity index (χ4v) is 2.93. The molecule has 0 spiro atoms. The van der Waals surface area contributed by atoms with Crippen LogP contribution in [0.15, 0.2) is 22.8 Å². The van der Waals surface area contributed by atoms with Crippen molar-refractivity contribution >= 4 is 5.91 Å². The van der Waals surface area contributed by atoms with E-state index in [1.165, 1.54) is 25.7 Å². The molecule has 1 atom stereocenters. The van der Waals surface area contributed by atoms with Crippen molar-refractivity contribution in [2.45, 2.75) is 31.7 Å². The van der Waals surface area contributed by atoms with E-state index in [1.807, 2.05) is 12.1 Å². The van der Waals surface area contributed by atoms with E-state index in [4.69, 9.17) is 4.42 Å². The molecule has 116 valence electrons. The molecule has 1 aromatic heterocycles. The van der Waals surface area contributed by atoms with Crippen LogP contribution in [0.1, 0.15) is 37.5 Å². The molecule has 2 fully saturated rings. The van der Waals surface area contributed by atoms with Gasteiger partial charge in [0.25, 0.3) is 0 Å². The van der Waals surface area contributed by atoms with Gasteiger partial charge in [-0.1, -0.05) is 0 Å². The van der Waals surface area contributed by atoms with Gasteiger partial charge in [0, 0.05) is 6.54 Å². The molecule has 3 rings (SSSR count). The summed E-state index contributed by atoms with van der Waals surface area (Å²) in [4.78, 5) is 14.3. The summed E-state index contributed by atoms with van der Waals surface area (Å²) in [7, 11) is 0. The van der Waals surface area contributed by atoms with E-state index in [9.17, 15) is 4.79 Å². The van der Waals surface area contributed by atoms with E-state index in [-0.39, 0.29) is 11.9 Å². The van der Waals surface area contributed by atoms with E-state index in [0.29, 0.717) is 13.1 Å². The Morgan fingerprint density at radius 1 is 1.38 bits per heavy atom. The second-order valence-electron chi connectivity index (χ2n) is 6.15. The number of nitrogens with one attached hydrogen (secondary N) is 2. The molecule has 5 heteroatoms. The van der Waals surface area contributed by atoms with Crippen LogP contribution in [0.25, 0.3) is 0 Å². The first-order valence-corrected chi connectivity index (χ1v) is 8.08. The Bertz CT molecular complexity index is 436. The summed E-state index contributed by atoms with van der Waals surface area (Å²) >= 11 is 0. The number of hydrogen-bond acceptors (Lipinski definition) is 4. The van der Waals surface area contributed by atoms with Crippen LogP contribution >= 0.6 is 0 Å². The SMILES string of the molecule is O=C(CNCC1CC1)NCC(c1ccco1)N1CCCC1. The Morgan fingerprint density at radius 3 is 2.86 bits per heavy atom. The number of hydrogen-bond donors (Lipinski definition) is 2. The van der Waals surface area contributed by atoms with E-state index >= 15 is 0 Å². The lowest BCUT2D eigenvalue weighted by Crippen LogP contribution is -2.40. The summed E-state index contributed by atoms with van der Waals surface area (Å²) in [6, 6.07) is 4.08. The molecule has 1 saturated carbocycles. The number of likely N-dealkylation sites (tertiary alicyclic amines) is 1. The molecule has 21 heavy (non-hydrogen) atoms. The molecule has 0 bridgehead atoms. The minimum atomic E-state index is 0.0754. The molecule has 1 aliphatic heterocycles. The Balaban J connectivity index is 1.45. The Morgan fingerprint density at radius 2 is 2.19 bits per heavy atom. The molecule has 1 aromatic rings. The molecule has 2 heterocycles. The molecule has 2 aliphatic rings. The van der Waals surface area contributed by atoms with Gasteiger partial charge in [-0.3, -0.25) is 9.69 Å². The monoisotopic (exact) mass is 291 g/mol. The van der Waals surface area contributed by atoms with Crippen LogP contribution in [0.2, 0.25) is 0 Å². The van der Waals surface area contributed by atoms with Crippen molar-refractivity contribution in [3.05, 3.63) is 24.2 Å². The van der Waals surface area contributed by atoms with E-state index in [1.54, 1.807) is 6.26 Å². The maximum atomic E-state index is 11.9. The zero-order chi connectivity index (χ0) is 14.5. The van der Waals surface area contributed by atoms with Crippen molar-refractivity contribution in [1.29, 1.82) is 0 Å². The summed E-state index contributed by atoms with van der Waals surface area (Å²) in [5, 5.41) is 6.27. The molecule has 2 N–H and O–H groups in total. The molecule has 0 radical (unpaired) electrons. The topological polar surface area (TPSA) is 57.5 Å². The van der Waals surface area contributed by atoms with Crippen LogP contribution in [0.4, 0.5) is 0 Å². The normalized spacial score (nSPS) is 20.6. The van der Waals surface area contributed by atoms with Gasteiger partial charge >= 0.3 is 0 Å². The van der Waals surface area contributed by atoms with Gasteiger partial charge in [-0.2, -0.15) is 0 Å². The van der Waals surface area contributed by atoms with Crippen molar-refractivity contribution in [3.63, 3.8) is 0 Å². The zero-order valence-electron chi connectivity index (χ0n) is 12.5. The van der Waals surface area contributed by atoms with E-state index in [0.717, 1.165) is 31.3 Å². The van der Waals surface area contributed by atoms with Crippen molar-refractivity contribution in [1.82, 2.24) is 15.5 Å². The van der Waals surface area contributed by atoms with Crippen molar-refractivity contribution in [3.8, 4) is 0 Å². The lowest BCUT2D eigenvalue weighted by atomic mass is 10.2. The highest BCUT2D eigenvalue weighted by molar-refractivity contribution is 5.78. The van der Waals surface area contributed by atoms with Gasteiger partial charge in [-0.25, -0.2) is 0 Å².